The summed E-state index contributed by atoms with van der Waals surface area (Å²) in [5.74, 6) is 1.29. The fourth-order valence-corrected chi connectivity index (χ4v) is 7.92. The highest BCUT2D eigenvalue weighted by molar-refractivity contribution is 6.10. The molecule has 0 unspecified atom stereocenters. The molecule has 0 amide bonds. The van der Waals surface area contributed by atoms with Crippen molar-refractivity contribution in [3.8, 4) is 73.5 Å². The number of benzene rings is 7. The SMILES string of the molecule is CC(C)(C)c1ccc2c(c1)c1ccccc1n2-c1ccc(-c2nc(-c3ccccc3)cc(-c3ccccc3)n2)cc1-c1cc(-c2ccccc2)nc(-c2ccccc2)n1. The van der Waals surface area contributed by atoms with Crippen molar-refractivity contribution >= 4 is 21.8 Å². The smallest absolute Gasteiger partial charge is 0.160 e. The Morgan fingerprint density at radius 1 is 0.356 bits per heavy atom. The van der Waals surface area contributed by atoms with Gasteiger partial charge < -0.3 is 4.57 Å². The quantitative estimate of drug-likeness (QED) is 0.162. The van der Waals surface area contributed by atoms with Gasteiger partial charge in [0, 0.05) is 44.2 Å². The zero-order valence-corrected chi connectivity index (χ0v) is 33.2. The summed E-state index contributed by atoms with van der Waals surface area (Å²) in [4.78, 5) is 21.0. The van der Waals surface area contributed by atoms with Gasteiger partial charge in [-0.15, -0.1) is 0 Å². The average Bonchev–Trinajstić information content (AvgIpc) is 3.63. The minimum Gasteiger partial charge on any atom is -0.309 e. The topological polar surface area (TPSA) is 56.5 Å². The molecule has 5 nitrogen and oxygen atoms in total. The van der Waals surface area contributed by atoms with Crippen LogP contribution in [0.25, 0.3) is 95.3 Å². The summed E-state index contributed by atoms with van der Waals surface area (Å²) in [6.45, 7) is 6.81. The summed E-state index contributed by atoms with van der Waals surface area (Å²) in [6, 6.07) is 67.6. The van der Waals surface area contributed by atoms with Crippen molar-refractivity contribution in [3.05, 3.63) is 200 Å². The van der Waals surface area contributed by atoms with Gasteiger partial charge in [-0.2, -0.15) is 0 Å². The van der Waals surface area contributed by atoms with Crippen LogP contribution in [0, 0.1) is 0 Å². The third kappa shape index (κ3) is 6.87. The zero-order chi connectivity index (χ0) is 39.9. The molecule has 5 heteroatoms. The highest BCUT2D eigenvalue weighted by Crippen LogP contribution is 2.40. The Morgan fingerprint density at radius 2 is 0.814 bits per heavy atom. The van der Waals surface area contributed by atoms with Crippen LogP contribution in [0.15, 0.2) is 194 Å². The molecule has 0 N–H and O–H groups in total. The average molecular weight is 760 g/mol. The Kier molecular flexibility index (Phi) is 8.99. The Labute approximate surface area is 344 Å². The molecule has 0 aliphatic carbocycles. The maximum Gasteiger partial charge on any atom is 0.160 e. The molecule has 0 spiro atoms. The summed E-state index contributed by atoms with van der Waals surface area (Å²) in [7, 11) is 0. The summed E-state index contributed by atoms with van der Waals surface area (Å²) >= 11 is 0. The van der Waals surface area contributed by atoms with Crippen molar-refractivity contribution in [1.82, 2.24) is 24.5 Å². The molecule has 0 fully saturated rings. The third-order valence-electron chi connectivity index (χ3n) is 11.0. The minimum atomic E-state index is -0.000269. The molecule has 0 bridgehead atoms. The highest BCUT2D eigenvalue weighted by Gasteiger charge is 2.22. The van der Waals surface area contributed by atoms with Gasteiger partial charge in [-0.25, -0.2) is 19.9 Å². The third-order valence-corrected chi connectivity index (χ3v) is 11.0. The lowest BCUT2D eigenvalue weighted by molar-refractivity contribution is 0.591. The first-order valence-corrected chi connectivity index (χ1v) is 20.1. The van der Waals surface area contributed by atoms with Crippen molar-refractivity contribution in [3.63, 3.8) is 0 Å². The minimum absolute atomic E-state index is 0.000269. The van der Waals surface area contributed by atoms with Gasteiger partial charge in [-0.3, -0.25) is 0 Å². The van der Waals surface area contributed by atoms with Crippen LogP contribution in [0.4, 0.5) is 0 Å². The predicted octanol–water partition coefficient (Wildman–Crippen LogP) is 13.7. The Balaban J connectivity index is 1.27. The molecule has 10 aromatic rings. The number of fused-ring (bicyclic) bond motifs is 3. The fourth-order valence-electron chi connectivity index (χ4n) is 7.92. The second-order valence-corrected chi connectivity index (χ2v) is 16.0. The molecule has 0 saturated heterocycles. The van der Waals surface area contributed by atoms with Crippen LogP contribution in [0.3, 0.4) is 0 Å². The molecule has 7 aromatic carbocycles. The number of hydrogen-bond acceptors (Lipinski definition) is 4. The molecular weight excluding hydrogens is 719 g/mol. The van der Waals surface area contributed by atoms with Gasteiger partial charge in [-0.05, 0) is 59.5 Å². The number of para-hydroxylation sites is 1. The standard InChI is InChI=1S/C54H41N5/c1-54(2,3)41-29-31-50-43(33-41)42-26-16-17-27-49(42)59(50)51-30-28-40(53-56-45(36-18-8-4-9-19-36)34-46(57-53)37-20-10-5-11-21-37)32-44(51)48-35-47(38-22-12-6-13-23-38)55-52(58-48)39-24-14-7-15-25-39/h4-35H,1-3H3. The van der Waals surface area contributed by atoms with E-state index in [1.807, 2.05) is 60.7 Å². The first kappa shape index (κ1) is 35.9. The second kappa shape index (κ2) is 14.8. The van der Waals surface area contributed by atoms with Crippen molar-refractivity contribution < 1.29 is 0 Å². The van der Waals surface area contributed by atoms with E-state index in [2.05, 4.69) is 159 Å². The van der Waals surface area contributed by atoms with Crippen molar-refractivity contribution in [1.29, 1.82) is 0 Å². The van der Waals surface area contributed by atoms with Gasteiger partial charge in [0.1, 0.15) is 0 Å². The number of rotatable bonds is 7. The van der Waals surface area contributed by atoms with Gasteiger partial charge in [0.2, 0.25) is 0 Å². The van der Waals surface area contributed by atoms with E-state index < -0.39 is 0 Å². The van der Waals surface area contributed by atoms with E-state index in [0.29, 0.717) is 11.6 Å². The maximum atomic E-state index is 5.38. The zero-order valence-electron chi connectivity index (χ0n) is 33.2. The Bertz CT molecular complexity index is 3000. The molecule has 59 heavy (non-hydrogen) atoms. The van der Waals surface area contributed by atoms with Crippen molar-refractivity contribution in [2.75, 3.05) is 0 Å². The normalized spacial score (nSPS) is 11.6. The number of hydrogen-bond donors (Lipinski definition) is 0. The van der Waals surface area contributed by atoms with Gasteiger partial charge in [0.15, 0.2) is 11.6 Å². The van der Waals surface area contributed by atoms with Crippen LogP contribution in [0.5, 0.6) is 0 Å². The van der Waals surface area contributed by atoms with Crippen LogP contribution in [0.2, 0.25) is 0 Å². The molecule has 0 aliphatic heterocycles. The fraction of sp³-hybridized carbons (Fsp3) is 0.0741. The van der Waals surface area contributed by atoms with Crippen molar-refractivity contribution in [2.45, 2.75) is 26.2 Å². The molecule has 10 rings (SSSR count). The van der Waals surface area contributed by atoms with E-state index in [1.165, 1.54) is 16.3 Å². The summed E-state index contributed by atoms with van der Waals surface area (Å²) < 4.78 is 2.39. The van der Waals surface area contributed by atoms with Crippen LogP contribution in [0.1, 0.15) is 26.3 Å². The Morgan fingerprint density at radius 3 is 1.37 bits per heavy atom. The van der Waals surface area contributed by atoms with Gasteiger partial charge in [-0.1, -0.05) is 166 Å². The summed E-state index contributed by atoms with van der Waals surface area (Å²) in [6.07, 6.45) is 0. The van der Waals surface area contributed by atoms with E-state index in [9.17, 15) is 0 Å². The first-order valence-electron chi connectivity index (χ1n) is 20.1. The molecule has 3 aromatic heterocycles. The largest absolute Gasteiger partial charge is 0.309 e. The molecule has 0 atom stereocenters. The van der Waals surface area contributed by atoms with Gasteiger partial charge in [0.05, 0.1) is 39.5 Å². The van der Waals surface area contributed by atoms with E-state index >= 15 is 0 Å². The van der Waals surface area contributed by atoms with Crippen molar-refractivity contribution in [2.24, 2.45) is 0 Å². The van der Waals surface area contributed by atoms with Crippen LogP contribution in [-0.2, 0) is 5.41 Å². The van der Waals surface area contributed by atoms with Crippen LogP contribution in [-0.4, -0.2) is 24.5 Å². The van der Waals surface area contributed by atoms with E-state index in [4.69, 9.17) is 19.9 Å². The molecule has 0 radical (unpaired) electrons. The molecule has 0 aliphatic rings. The highest BCUT2D eigenvalue weighted by atomic mass is 15.0. The van der Waals surface area contributed by atoms with Gasteiger partial charge >= 0.3 is 0 Å². The summed E-state index contributed by atoms with van der Waals surface area (Å²) in [5, 5.41) is 2.42. The molecule has 3 heterocycles. The lowest BCUT2D eigenvalue weighted by atomic mass is 9.86. The van der Waals surface area contributed by atoms with E-state index in [-0.39, 0.29) is 5.41 Å². The van der Waals surface area contributed by atoms with E-state index in [0.717, 1.165) is 72.9 Å². The van der Waals surface area contributed by atoms with Gasteiger partial charge in [0.25, 0.3) is 0 Å². The molecule has 282 valence electrons. The van der Waals surface area contributed by atoms with E-state index in [1.54, 1.807) is 0 Å². The predicted molar refractivity (Wildman–Crippen MR) is 243 cm³/mol. The lowest BCUT2D eigenvalue weighted by Crippen LogP contribution is -2.10. The Hall–Kier alpha value is -7.50. The maximum absolute atomic E-state index is 5.38. The monoisotopic (exact) mass is 759 g/mol. The second-order valence-electron chi connectivity index (χ2n) is 16.0. The number of nitrogens with zero attached hydrogens (tertiary/aromatic N) is 5. The van der Waals surface area contributed by atoms with Crippen LogP contribution >= 0.6 is 0 Å². The summed E-state index contributed by atoms with van der Waals surface area (Å²) in [5.41, 5.74) is 13.8. The molecular formula is C54H41N5. The first-order chi connectivity index (χ1) is 28.9. The molecule has 0 saturated carbocycles. The number of aromatic nitrogens is 5. The lowest BCUT2D eigenvalue weighted by Gasteiger charge is -2.20. The van der Waals surface area contributed by atoms with Crippen LogP contribution < -0.4 is 0 Å².